The zero-order chi connectivity index (χ0) is 19.2. The van der Waals surface area contributed by atoms with Crippen molar-refractivity contribution in [3.63, 3.8) is 0 Å². The number of likely N-dealkylation sites (tertiary alicyclic amines) is 2. The predicted molar refractivity (Wildman–Crippen MR) is 109 cm³/mol. The summed E-state index contributed by atoms with van der Waals surface area (Å²) >= 11 is 0. The fourth-order valence-electron chi connectivity index (χ4n) is 4.01. The maximum Gasteiger partial charge on any atom is 0.224 e. The minimum absolute atomic E-state index is 0.176. The second kappa shape index (κ2) is 9.25. The van der Waals surface area contributed by atoms with Crippen LogP contribution in [0.1, 0.15) is 63.9 Å². The van der Waals surface area contributed by atoms with Gasteiger partial charge in [-0.1, -0.05) is 26.0 Å². The molecule has 2 aliphatic heterocycles. The minimum Gasteiger partial charge on any atom is -0.381 e. The lowest BCUT2D eigenvalue weighted by atomic mass is 10.0. The van der Waals surface area contributed by atoms with Gasteiger partial charge in [0.1, 0.15) is 0 Å². The van der Waals surface area contributed by atoms with Crippen LogP contribution in [-0.2, 0) is 9.59 Å². The highest BCUT2D eigenvalue weighted by atomic mass is 16.2. The molecule has 2 saturated heterocycles. The van der Waals surface area contributed by atoms with Crippen molar-refractivity contribution in [3.05, 3.63) is 29.8 Å². The molecule has 1 aromatic carbocycles. The first kappa shape index (κ1) is 19.7. The highest BCUT2D eigenvalue weighted by Crippen LogP contribution is 2.20. The highest BCUT2D eigenvalue weighted by molar-refractivity contribution is 5.79. The van der Waals surface area contributed by atoms with Crippen LogP contribution in [0, 0.1) is 0 Å². The van der Waals surface area contributed by atoms with Crippen molar-refractivity contribution in [3.8, 4) is 0 Å². The number of hydrogen-bond donors (Lipinski definition) is 1. The van der Waals surface area contributed by atoms with Crippen molar-refractivity contribution < 1.29 is 9.59 Å². The van der Waals surface area contributed by atoms with Gasteiger partial charge in [-0.2, -0.15) is 0 Å². The topological polar surface area (TPSA) is 52.7 Å². The van der Waals surface area contributed by atoms with Crippen LogP contribution < -0.4 is 5.32 Å². The van der Waals surface area contributed by atoms with Crippen molar-refractivity contribution in [1.29, 1.82) is 0 Å². The van der Waals surface area contributed by atoms with Gasteiger partial charge in [0.05, 0.1) is 0 Å². The van der Waals surface area contributed by atoms with Gasteiger partial charge in [-0.05, 0) is 49.3 Å². The summed E-state index contributed by atoms with van der Waals surface area (Å²) in [6.45, 7) is 7.36. The fraction of sp³-hybridized carbons (Fsp3) is 0.636. The van der Waals surface area contributed by atoms with Crippen molar-refractivity contribution in [2.24, 2.45) is 0 Å². The number of rotatable bonds is 6. The summed E-state index contributed by atoms with van der Waals surface area (Å²) in [6.07, 6.45) is 5.24. The molecule has 27 heavy (non-hydrogen) atoms. The van der Waals surface area contributed by atoms with E-state index in [1.54, 1.807) is 0 Å². The third-order valence-electron chi connectivity index (χ3n) is 5.74. The molecular formula is C22H33N3O2. The molecular weight excluding hydrogens is 338 g/mol. The van der Waals surface area contributed by atoms with Crippen LogP contribution in [0.2, 0.25) is 0 Å². The third-order valence-corrected chi connectivity index (χ3v) is 5.74. The Hall–Kier alpha value is -2.04. The molecule has 1 atom stereocenters. The molecule has 1 aromatic rings. The largest absolute Gasteiger partial charge is 0.381 e. The van der Waals surface area contributed by atoms with E-state index in [4.69, 9.17) is 0 Å². The number of benzene rings is 1. The Balaban J connectivity index is 1.48. The normalized spacial score (nSPS) is 20.9. The van der Waals surface area contributed by atoms with E-state index >= 15 is 0 Å². The molecule has 148 valence electrons. The molecule has 1 N–H and O–H groups in total. The number of anilines is 1. The average molecular weight is 372 g/mol. The maximum absolute atomic E-state index is 12.6. The molecule has 2 amide bonds. The van der Waals surface area contributed by atoms with Gasteiger partial charge in [0.25, 0.3) is 0 Å². The summed E-state index contributed by atoms with van der Waals surface area (Å²) in [5, 5.41) is 3.59. The quantitative estimate of drug-likeness (QED) is 0.831. The van der Waals surface area contributed by atoms with Gasteiger partial charge >= 0.3 is 0 Å². The Morgan fingerprint density at radius 3 is 2.63 bits per heavy atom. The van der Waals surface area contributed by atoms with Crippen LogP contribution in [0.3, 0.4) is 0 Å². The number of amides is 2. The monoisotopic (exact) mass is 371 g/mol. The van der Waals surface area contributed by atoms with Gasteiger partial charge in [-0.3, -0.25) is 9.59 Å². The van der Waals surface area contributed by atoms with E-state index < -0.39 is 0 Å². The van der Waals surface area contributed by atoms with Gasteiger partial charge < -0.3 is 15.1 Å². The predicted octanol–water partition coefficient (Wildman–Crippen LogP) is 3.62. The Kier molecular flexibility index (Phi) is 6.75. The standard InChI is InChI=1S/C22H33N3O2/c1-17(2)18-8-10-19(11-9-18)23-20-6-5-14-25(16-20)22(27)12-15-24-13-4-3-7-21(24)26/h8-11,17,20,23H,3-7,12-16H2,1-2H3/t20-/m0/s1. The highest BCUT2D eigenvalue weighted by Gasteiger charge is 2.25. The van der Waals surface area contributed by atoms with Crippen molar-refractivity contribution in [1.82, 2.24) is 9.80 Å². The molecule has 2 aliphatic rings. The number of hydrogen-bond acceptors (Lipinski definition) is 3. The molecule has 0 unspecified atom stereocenters. The lowest BCUT2D eigenvalue weighted by Crippen LogP contribution is -2.46. The molecule has 0 radical (unpaired) electrons. The number of piperidine rings is 2. The van der Waals surface area contributed by atoms with E-state index in [-0.39, 0.29) is 11.8 Å². The zero-order valence-corrected chi connectivity index (χ0v) is 16.7. The summed E-state index contributed by atoms with van der Waals surface area (Å²) < 4.78 is 0. The Morgan fingerprint density at radius 1 is 1.15 bits per heavy atom. The SMILES string of the molecule is CC(C)c1ccc(N[C@H]2CCCN(C(=O)CCN3CCCCC3=O)C2)cc1. The van der Waals surface area contributed by atoms with Crippen LogP contribution in [0.4, 0.5) is 5.69 Å². The maximum atomic E-state index is 12.6. The molecule has 2 fully saturated rings. The molecule has 0 aromatic heterocycles. The van der Waals surface area contributed by atoms with E-state index in [0.717, 1.165) is 51.0 Å². The lowest BCUT2D eigenvalue weighted by Gasteiger charge is -2.34. The number of carbonyl (C=O) groups is 2. The summed E-state index contributed by atoms with van der Waals surface area (Å²) in [5.41, 5.74) is 2.46. The lowest BCUT2D eigenvalue weighted by molar-refractivity contribution is -0.136. The third kappa shape index (κ3) is 5.47. The fourth-order valence-corrected chi connectivity index (χ4v) is 4.01. The van der Waals surface area contributed by atoms with Crippen molar-refractivity contribution in [2.75, 3.05) is 31.5 Å². The number of carbonyl (C=O) groups excluding carboxylic acids is 2. The van der Waals surface area contributed by atoms with Gasteiger partial charge in [0.2, 0.25) is 11.8 Å². The molecule has 3 rings (SSSR count). The van der Waals surface area contributed by atoms with Crippen molar-refractivity contribution >= 4 is 17.5 Å². The Morgan fingerprint density at radius 2 is 1.93 bits per heavy atom. The molecule has 0 saturated carbocycles. The van der Waals surface area contributed by atoms with Gasteiger partial charge in [-0.15, -0.1) is 0 Å². The van der Waals surface area contributed by atoms with E-state index in [1.165, 1.54) is 5.56 Å². The summed E-state index contributed by atoms with van der Waals surface area (Å²) in [5.74, 6) is 0.917. The zero-order valence-electron chi connectivity index (χ0n) is 16.7. The molecule has 5 heteroatoms. The van der Waals surface area contributed by atoms with Crippen molar-refractivity contribution in [2.45, 2.75) is 64.3 Å². The Bertz CT molecular complexity index is 641. The van der Waals surface area contributed by atoms with Crippen LogP contribution >= 0.6 is 0 Å². The average Bonchev–Trinajstić information content (AvgIpc) is 2.68. The number of nitrogens with zero attached hydrogens (tertiary/aromatic N) is 2. The summed E-state index contributed by atoms with van der Waals surface area (Å²) in [6, 6.07) is 8.92. The molecule has 5 nitrogen and oxygen atoms in total. The van der Waals surface area contributed by atoms with Gasteiger partial charge in [0, 0.05) is 50.7 Å². The van der Waals surface area contributed by atoms with E-state index in [9.17, 15) is 9.59 Å². The van der Waals surface area contributed by atoms with E-state index in [1.807, 2.05) is 9.80 Å². The summed E-state index contributed by atoms with van der Waals surface area (Å²) in [4.78, 5) is 28.3. The number of nitrogens with one attached hydrogen (secondary N) is 1. The van der Waals surface area contributed by atoms with Gasteiger partial charge in [-0.25, -0.2) is 0 Å². The van der Waals surface area contributed by atoms with E-state index in [0.29, 0.717) is 31.3 Å². The first-order valence-corrected chi connectivity index (χ1v) is 10.4. The van der Waals surface area contributed by atoms with Gasteiger partial charge in [0.15, 0.2) is 0 Å². The smallest absolute Gasteiger partial charge is 0.224 e. The Labute approximate surface area is 163 Å². The molecule has 0 spiro atoms. The first-order valence-electron chi connectivity index (χ1n) is 10.4. The van der Waals surface area contributed by atoms with Crippen LogP contribution in [0.5, 0.6) is 0 Å². The summed E-state index contributed by atoms with van der Waals surface area (Å²) in [7, 11) is 0. The molecule has 0 aliphatic carbocycles. The first-order chi connectivity index (χ1) is 13.0. The van der Waals surface area contributed by atoms with Crippen LogP contribution in [0.15, 0.2) is 24.3 Å². The van der Waals surface area contributed by atoms with Crippen LogP contribution in [0.25, 0.3) is 0 Å². The molecule has 0 bridgehead atoms. The second-order valence-electron chi connectivity index (χ2n) is 8.19. The molecule has 2 heterocycles. The second-order valence-corrected chi connectivity index (χ2v) is 8.19. The van der Waals surface area contributed by atoms with E-state index in [2.05, 4.69) is 43.4 Å². The van der Waals surface area contributed by atoms with Crippen LogP contribution in [-0.4, -0.2) is 53.8 Å². The minimum atomic E-state index is 0.176.